The second-order valence-corrected chi connectivity index (χ2v) is 7.32. The summed E-state index contributed by atoms with van der Waals surface area (Å²) < 4.78 is 0. The maximum absolute atomic E-state index is 12.7. The van der Waals surface area contributed by atoms with Crippen LogP contribution in [-0.2, 0) is 0 Å². The van der Waals surface area contributed by atoms with Crippen molar-refractivity contribution in [3.05, 3.63) is 28.8 Å². The molecule has 0 atom stereocenters. The summed E-state index contributed by atoms with van der Waals surface area (Å²) in [5, 5.41) is 3.92. The highest BCUT2D eigenvalue weighted by molar-refractivity contribution is 7.80. The summed E-state index contributed by atoms with van der Waals surface area (Å²) in [7, 11) is 3.83. The van der Waals surface area contributed by atoms with Crippen LogP contribution in [0.15, 0.2) is 12.1 Å². The fourth-order valence-corrected chi connectivity index (χ4v) is 3.35. The Labute approximate surface area is 145 Å². The van der Waals surface area contributed by atoms with Gasteiger partial charge < -0.3 is 10.2 Å². The lowest BCUT2D eigenvalue weighted by atomic mass is 9.84. The zero-order chi connectivity index (χ0) is 17.0. The van der Waals surface area contributed by atoms with Crippen LogP contribution in [0.25, 0.3) is 0 Å². The minimum Gasteiger partial charge on any atom is -0.355 e. The summed E-state index contributed by atoms with van der Waals surface area (Å²) in [6.45, 7) is 4.04. The first-order valence-electron chi connectivity index (χ1n) is 8.51. The lowest BCUT2D eigenvalue weighted by Crippen LogP contribution is -2.27. The van der Waals surface area contributed by atoms with E-state index in [2.05, 4.69) is 5.32 Å². The second kappa shape index (κ2) is 7.91. The van der Waals surface area contributed by atoms with Crippen molar-refractivity contribution in [3.63, 3.8) is 0 Å². The van der Waals surface area contributed by atoms with E-state index >= 15 is 0 Å². The molecule has 1 aliphatic carbocycles. The lowest BCUT2D eigenvalue weighted by Gasteiger charge is -2.22. The molecular formula is C19H28N2OS. The SMILES string of the molecule is Cc1cc(C(=O)CC2CCCCC2)c(C)cc1NC(=S)N(C)C. The molecule has 3 nitrogen and oxygen atoms in total. The Kier molecular flexibility index (Phi) is 6.17. The van der Waals surface area contributed by atoms with Gasteiger partial charge in [0.15, 0.2) is 10.9 Å². The van der Waals surface area contributed by atoms with Gasteiger partial charge in [-0.3, -0.25) is 4.79 Å². The number of carbonyl (C=O) groups is 1. The van der Waals surface area contributed by atoms with Crippen LogP contribution in [0.2, 0.25) is 0 Å². The Morgan fingerprint density at radius 1 is 1.17 bits per heavy atom. The number of thiocarbonyl (C=S) groups is 1. The lowest BCUT2D eigenvalue weighted by molar-refractivity contribution is 0.0949. The molecule has 1 aliphatic rings. The first kappa shape index (κ1) is 17.9. The Balaban J connectivity index is 2.12. The van der Waals surface area contributed by atoms with Crippen LogP contribution in [0, 0.1) is 19.8 Å². The molecule has 1 saturated carbocycles. The topological polar surface area (TPSA) is 32.3 Å². The number of aryl methyl sites for hydroxylation is 2. The first-order chi connectivity index (χ1) is 10.9. The molecule has 2 rings (SSSR count). The first-order valence-corrected chi connectivity index (χ1v) is 8.92. The quantitative estimate of drug-likeness (QED) is 0.639. The van der Waals surface area contributed by atoms with Gasteiger partial charge in [-0.2, -0.15) is 0 Å². The third-order valence-corrected chi connectivity index (χ3v) is 5.19. The molecule has 0 saturated heterocycles. The van der Waals surface area contributed by atoms with E-state index in [0.717, 1.165) is 22.4 Å². The molecule has 0 unspecified atom stereocenters. The van der Waals surface area contributed by atoms with E-state index in [-0.39, 0.29) is 0 Å². The van der Waals surface area contributed by atoms with Gasteiger partial charge in [0.05, 0.1) is 0 Å². The van der Waals surface area contributed by atoms with Crippen molar-refractivity contribution >= 4 is 28.8 Å². The number of rotatable bonds is 4. The highest BCUT2D eigenvalue weighted by Crippen LogP contribution is 2.29. The van der Waals surface area contributed by atoms with Crippen LogP contribution in [0.1, 0.15) is 60.0 Å². The Hall–Kier alpha value is -1.42. The summed E-state index contributed by atoms with van der Waals surface area (Å²) in [6.07, 6.45) is 7.00. The molecule has 1 N–H and O–H groups in total. The predicted octanol–water partition coefficient (Wildman–Crippen LogP) is 4.71. The molecule has 0 amide bonds. The van der Waals surface area contributed by atoms with Crippen molar-refractivity contribution in [2.75, 3.05) is 19.4 Å². The third kappa shape index (κ3) is 4.77. The predicted molar refractivity (Wildman–Crippen MR) is 101 cm³/mol. The molecular weight excluding hydrogens is 304 g/mol. The van der Waals surface area contributed by atoms with Gasteiger partial charge in [0.1, 0.15) is 0 Å². The highest BCUT2D eigenvalue weighted by Gasteiger charge is 2.20. The molecule has 4 heteroatoms. The molecule has 1 aromatic carbocycles. The summed E-state index contributed by atoms with van der Waals surface area (Å²) >= 11 is 5.30. The van der Waals surface area contributed by atoms with Gasteiger partial charge in [0.2, 0.25) is 0 Å². The van der Waals surface area contributed by atoms with Crippen molar-refractivity contribution in [2.45, 2.75) is 52.4 Å². The number of benzene rings is 1. The van der Waals surface area contributed by atoms with E-state index in [1.165, 1.54) is 32.1 Å². The molecule has 0 bridgehead atoms. The van der Waals surface area contributed by atoms with E-state index in [1.54, 1.807) is 0 Å². The number of carbonyl (C=O) groups excluding carboxylic acids is 1. The molecule has 0 spiro atoms. The van der Waals surface area contributed by atoms with Crippen molar-refractivity contribution in [2.24, 2.45) is 5.92 Å². The van der Waals surface area contributed by atoms with Crippen molar-refractivity contribution in [1.29, 1.82) is 0 Å². The van der Waals surface area contributed by atoms with Gasteiger partial charge in [-0.25, -0.2) is 0 Å². The van der Waals surface area contributed by atoms with Crippen molar-refractivity contribution < 1.29 is 4.79 Å². The Morgan fingerprint density at radius 2 is 1.83 bits per heavy atom. The smallest absolute Gasteiger partial charge is 0.172 e. The zero-order valence-corrected chi connectivity index (χ0v) is 15.6. The molecule has 23 heavy (non-hydrogen) atoms. The van der Waals surface area contributed by atoms with Gasteiger partial charge in [0.25, 0.3) is 0 Å². The van der Waals surface area contributed by atoms with E-state index in [0.29, 0.717) is 23.2 Å². The van der Waals surface area contributed by atoms with Crippen molar-refractivity contribution in [1.82, 2.24) is 4.90 Å². The summed E-state index contributed by atoms with van der Waals surface area (Å²) in [5.74, 6) is 0.870. The van der Waals surface area contributed by atoms with E-state index < -0.39 is 0 Å². The Bertz CT molecular complexity index is 589. The average Bonchev–Trinajstić information content (AvgIpc) is 2.51. The molecule has 126 valence electrons. The van der Waals surface area contributed by atoms with Gasteiger partial charge in [-0.1, -0.05) is 32.1 Å². The fraction of sp³-hybridized carbons (Fsp3) is 0.579. The summed E-state index contributed by atoms with van der Waals surface area (Å²) in [6, 6.07) is 4.06. The maximum Gasteiger partial charge on any atom is 0.172 e. The van der Waals surface area contributed by atoms with Gasteiger partial charge in [0, 0.05) is 31.8 Å². The molecule has 0 radical (unpaired) electrons. The second-order valence-electron chi connectivity index (χ2n) is 6.94. The molecule has 1 fully saturated rings. The van der Waals surface area contributed by atoms with Crippen LogP contribution in [-0.4, -0.2) is 29.9 Å². The van der Waals surface area contributed by atoms with Gasteiger partial charge in [-0.05, 0) is 55.2 Å². The van der Waals surface area contributed by atoms with Crippen LogP contribution >= 0.6 is 12.2 Å². The summed E-state index contributed by atoms with van der Waals surface area (Å²) in [5.41, 5.74) is 3.94. The van der Waals surface area contributed by atoms with Crippen molar-refractivity contribution in [3.8, 4) is 0 Å². The number of hydrogen-bond acceptors (Lipinski definition) is 2. The monoisotopic (exact) mass is 332 g/mol. The van der Waals surface area contributed by atoms with Crippen LogP contribution in [0.5, 0.6) is 0 Å². The van der Waals surface area contributed by atoms with E-state index in [1.807, 2.05) is 45.0 Å². The van der Waals surface area contributed by atoms with Gasteiger partial charge >= 0.3 is 0 Å². The number of nitrogens with zero attached hydrogens (tertiary/aromatic N) is 1. The standard InChI is InChI=1S/C19H28N2OS/c1-13-11-17(20-19(23)21(3)4)14(2)10-16(13)18(22)12-15-8-6-5-7-9-15/h10-11,15H,5-9,12H2,1-4H3,(H,20,23). The average molecular weight is 333 g/mol. The zero-order valence-electron chi connectivity index (χ0n) is 14.7. The minimum atomic E-state index is 0.291. The molecule has 0 heterocycles. The number of nitrogens with one attached hydrogen (secondary N) is 1. The van der Waals surface area contributed by atoms with Crippen LogP contribution in [0.4, 0.5) is 5.69 Å². The number of ketones is 1. The molecule has 1 aromatic rings. The van der Waals surface area contributed by atoms with E-state index in [4.69, 9.17) is 12.2 Å². The number of anilines is 1. The van der Waals surface area contributed by atoms with E-state index in [9.17, 15) is 4.79 Å². The van der Waals surface area contributed by atoms with Crippen LogP contribution in [0.3, 0.4) is 0 Å². The maximum atomic E-state index is 12.7. The van der Waals surface area contributed by atoms with Gasteiger partial charge in [-0.15, -0.1) is 0 Å². The summed E-state index contributed by atoms with van der Waals surface area (Å²) in [4.78, 5) is 14.5. The number of hydrogen-bond donors (Lipinski definition) is 1. The minimum absolute atomic E-state index is 0.291. The highest BCUT2D eigenvalue weighted by atomic mass is 32.1. The molecule has 0 aromatic heterocycles. The molecule has 0 aliphatic heterocycles. The fourth-order valence-electron chi connectivity index (χ4n) is 3.24. The van der Waals surface area contributed by atoms with Crippen LogP contribution < -0.4 is 5.32 Å². The third-order valence-electron chi connectivity index (χ3n) is 4.72. The normalized spacial score (nSPS) is 15.3. The number of Topliss-reactive ketones (excluding diaryl/α,β-unsaturated/α-hetero) is 1. The Morgan fingerprint density at radius 3 is 2.43 bits per heavy atom. The largest absolute Gasteiger partial charge is 0.355 e.